The largest absolute Gasteiger partial charge is 0.507 e. The maximum atomic E-state index is 12.1. The van der Waals surface area contributed by atoms with Gasteiger partial charge in [0.05, 0.1) is 11.3 Å². The Morgan fingerprint density at radius 1 is 0.818 bits per heavy atom. The molecule has 2 heterocycles. The second kappa shape index (κ2) is 26.9. The molecular formula is C27H47N3O3. The smallest absolute Gasteiger partial charge is 0.259 e. The molecule has 0 radical (unpaired) electrons. The Morgan fingerprint density at radius 3 is 1.82 bits per heavy atom. The lowest BCUT2D eigenvalue weighted by Gasteiger charge is -2.07. The summed E-state index contributed by atoms with van der Waals surface area (Å²) in [6, 6.07) is 9.66. The van der Waals surface area contributed by atoms with Crippen LogP contribution in [0.4, 0.5) is 5.69 Å². The topological polar surface area (TPSA) is 83.7 Å². The average molecular weight is 462 g/mol. The molecule has 33 heavy (non-hydrogen) atoms. The molecule has 2 N–H and O–H groups in total. The molecule has 0 saturated heterocycles. The molecule has 0 bridgehead atoms. The summed E-state index contributed by atoms with van der Waals surface area (Å²) >= 11 is 0. The summed E-state index contributed by atoms with van der Waals surface area (Å²) in [6.45, 7) is 24.0. The molecule has 3 aromatic rings. The Labute approximate surface area is 202 Å². The molecule has 1 amide bonds. The van der Waals surface area contributed by atoms with Crippen molar-refractivity contribution in [2.75, 3.05) is 5.32 Å². The predicted octanol–water partition coefficient (Wildman–Crippen LogP) is 8.26. The number of imidazole rings is 1. The number of hydrogen-bond donors (Lipinski definition) is 2. The first-order valence-electron chi connectivity index (χ1n) is 12.2. The number of nitrogens with zero attached hydrogens (tertiary/aromatic N) is 2. The number of carbonyl (C=O) groups is 2. The minimum Gasteiger partial charge on any atom is -0.507 e. The van der Waals surface area contributed by atoms with Crippen LogP contribution in [0.2, 0.25) is 0 Å². The van der Waals surface area contributed by atoms with Crippen LogP contribution >= 0.6 is 0 Å². The zero-order valence-electron chi connectivity index (χ0n) is 22.9. The van der Waals surface area contributed by atoms with Gasteiger partial charge in [-0.15, -0.1) is 0 Å². The number of amides is 1. The van der Waals surface area contributed by atoms with Gasteiger partial charge in [-0.3, -0.25) is 9.59 Å². The Bertz CT molecular complexity index is 843. The summed E-state index contributed by atoms with van der Waals surface area (Å²) < 4.78 is 1.64. The van der Waals surface area contributed by atoms with Crippen LogP contribution in [0.25, 0.3) is 5.65 Å². The number of fused-ring (bicyclic) bond motifs is 1. The first-order valence-corrected chi connectivity index (χ1v) is 12.2. The summed E-state index contributed by atoms with van der Waals surface area (Å²) in [7, 11) is 0. The Hall–Kier alpha value is -3.15. The highest BCUT2D eigenvalue weighted by Crippen LogP contribution is 2.18. The third kappa shape index (κ3) is 13.8. The van der Waals surface area contributed by atoms with Gasteiger partial charge in [0.15, 0.2) is 6.29 Å². The predicted molar refractivity (Wildman–Crippen MR) is 145 cm³/mol. The van der Waals surface area contributed by atoms with Gasteiger partial charge < -0.3 is 14.8 Å². The molecule has 2 aromatic heterocycles. The van der Waals surface area contributed by atoms with Gasteiger partial charge >= 0.3 is 0 Å². The molecule has 6 heteroatoms. The molecule has 0 saturated carbocycles. The monoisotopic (exact) mass is 461 g/mol. The van der Waals surface area contributed by atoms with Crippen molar-refractivity contribution in [1.82, 2.24) is 9.38 Å². The number of para-hydroxylation sites is 1. The fourth-order valence-corrected chi connectivity index (χ4v) is 2.01. The van der Waals surface area contributed by atoms with E-state index in [2.05, 4.69) is 10.3 Å². The average Bonchev–Trinajstić information content (AvgIpc) is 3.34. The number of aromatic hydroxyl groups is 1. The fourth-order valence-electron chi connectivity index (χ4n) is 2.01. The van der Waals surface area contributed by atoms with Crippen molar-refractivity contribution in [3.05, 3.63) is 60.0 Å². The normalized spacial score (nSPS) is 7.76. The molecule has 6 nitrogen and oxygen atoms in total. The number of pyridine rings is 1. The Kier molecular flexibility index (Phi) is 30.3. The molecule has 188 valence electrons. The number of hydrogen-bond acceptors (Lipinski definition) is 4. The molecule has 0 aliphatic rings. The highest BCUT2D eigenvalue weighted by Gasteiger charge is 2.11. The van der Waals surface area contributed by atoms with E-state index in [0.717, 1.165) is 0 Å². The molecule has 1 aromatic carbocycles. The van der Waals surface area contributed by atoms with Crippen molar-refractivity contribution in [3.63, 3.8) is 0 Å². The van der Waals surface area contributed by atoms with Crippen LogP contribution in [0.3, 0.4) is 0 Å². The van der Waals surface area contributed by atoms with Gasteiger partial charge in [-0.25, -0.2) is 4.98 Å². The van der Waals surface area contributed by atoms with E-state index in [1.54, 1.807) is 41.1 Å². The Balaban J connectivity index is -0.000000306. The molecule has 0 aliphatic carbocycles. The standard InChI is InChI=1S/C15H11N3O3.6C2H6/c19-9-11-8-18-7-10(5-6-14(18)16-11)17-15(21)12-3-1-2-4-13(12)20;6*1-2/h1-9,20H,(H,17,21);6*1-2H3. The lowest BCUT2D eigenvalue weighted by atomic mass is 10.2. The minimum atomic E-state index is -0.414. The highest BCUT2D eigenvalue weighted by molar-refractivity contribution is 6.06. The van der Waals surface area contributed by atoms with Crippen LogP contribution in [0.15, 0.2) is 48.8 Å². The SMILES string of the molecule is CC.CC.CC.CC.CC.CC.O=Cc1cn2cc(NC(=O)c3ccccc3O)ccc2n1. The lowest BCUT2D eigenvalue weighted by Crippen LogP contribution is -2.12. The van der Waals surface area contributed by atoms with Gasteiger partial charge in [0.1, 0.15) is 17.1 Å². The molecule has 0 unspecified atom stereocenters. The van der Waals surface area contributed by atoms with Crippen molar-refractivity contribution in [1.29, 1.82) is 0 Å². The van der Waals surface area contributed by atoms with E-state index in [1.807, 2.05) is 83.1 Å². The maximum Gasteiger partial charge on any atom is 0.259 e. The van der Waals surface area contributed by atoms with E-state index in [4.69, 9.17) is 0 Å². The van der Waals surface area contributed by atoms with Gasteiger partial charge in [0.2, 0.25) is 0 Å². The molecular weight excluding hydrogens is 414 g/mol. The van der Waals surface area contributed by atoms with Gasteiger partial charge in [-0.2, -0.15) is 0 Å². The van der Waals surface area contributed by atoms with E-state index in [9.17, 15) is 14.7 Å². The van der Waals surface area contributed by atoms with Crippen molar-refractivity contribution >= 4 is 23.5 Å². The number of anilines is 1. The van der Waals surface area contributed by atoms with Crippen molar-refractivity contribution in [2.45, 2.75) is 83.1 Å². The number of nitrogens with one attached hydrogen (secondary N) is 1. The van der Waals surface area contributed by atoms with E-state index in [1.165, 1.54) is 12.1 Å². The van der Waals surface area contributed by atoms with E-state index in [-0.39, 0.29) is 11.3 Å². The summed E-state index contributed by atoms with van der Waals surface area (Å²) in [6.07, 6.45) is 3.87. The molecule has 0 aliphatic heterocycles. The van der Waals surface area contributed by atoms with Crippen LogP contribution in [0, 0.1) is 0 Å². The van der Waals surface area contributed by atoms with Crippen molar-refractivity contribution < 1.29 is 14.7 Å². The third-order valence-corrected chi connectivity index (χ3v) is 3.00. The van der Waals surface area contributed by atoms with Crippen LogP contribution in [-0.4, -0.2) is 26.7 Å². The number of aldehydes is 1. The number of rotatable bonds is 3. The summed E-state index contributed by atoms with van der Waals surface area (Å²) in [5.74, 6) is -0.495. The number of phenols is 1. The summed E-state index contributed by atoms with van der Waals surface area (Å²) in [5.41, 5.74) is 1.65. The zero-order valence-corrected chi connectivity index (χ0v) is 22.9. The van der Waals surface area contributed by atoms with Crippen molar-refractivity contribution in [2.24, 2.45) is 0 Å². The first-order chi connectivity index (χ1) is 16.2. The Morgan fingerprint density at radius 2 is 1.33 bits per heavy atom. The molecule has 0 spiro atoms. The number of phenolic OH excluding ortho intramolecular Hbond substituents is 1. The van der Waals surface area contributed by atoms with Gasteiger partial charge in [0.25, 0.3) is 5.91 Å². The quantitative estimate of drug-likeness (QED) is 0.384. The number of benzene rings is 1. The summed E-state index contributed by atoms with van der Waals surface area (Å²) in [4.78, 5) is 26.8. The first kappa shape index (κ1) is 37.2. The summed E-state index contributed by atoms with van der Waals surface area (Å²) in [5, 5.41) is 12.3. The van der Waals surface area contributed by atoms with E-state index in [0.29, 0.717) is 23.3 Å². The highest BCUT2D eigenvalue weighted by atomic mass is 16.3. The molecule has 0 fully saturated rings. The second-order valence-electron chi connectivity index (χ2n) is 4.44. The van der Waals surface area contributed by atoms with Crippen LogP contribution in [-0.2, 0) is 0 Å². The number of aromatic nitrogens is 2. The fraction of sp³-hybridized carbons (Fsp3) is 0.444. The maximum absolute atomic E-state index is 12.1. The zero-order chi connectivity index (χ0) is 26.8. The van der Waals surface area contributed by atoms with Crippen LogP contribution in [0.5, 0.6) is 5.75 Å². The second-order valence-corrected chi connectivity index (χ2v) is 4.44. The van der Waals surface area contributed by atoms with E-state index < -0.39 is 5.91 Å². The van der Waals surface area contributed by atoms with Crippen LogP contribution in [0.1, 0.15) is 104 Å². The van der Waals surface area contributed by atoms with Crippen molar-refractivity contribution in [3.8, 4) is 5.75 Å². The number of carbonyl (C=O) groups excluding carboxylic acids is 2. The third-order valence-electron chi connectivity index (χ3n) is 3.00. The molecule has 3 rings (SSSR count). The molecule has 0 atom stereocenters. The van der Waals surface area contributed by atoms with Gasteiger partial charge in [-0.05, 0) is 24.3 Å². The van der Waals surface area contributed by atoms with Gasteiger partial charge in [-0.1, -0.05) is 95.2 Å². The lowest BCUT2D eigenvalue weighted by molar-refractivity contribution is 0.102. The minimum absolute atomic E-state index is 0.0815. The van der Waals surface area contributed by atoms with Crippen LogP contribution < -0.4 is 5.32 Å². The van der Waals surface area contributed by atoms with Gasteiger partial charge in [0, 0.05) is 12.4 Å². The van der Waals surface area contributed by atoms with E-state index >= 15 is 0 Å².